The predicted octanol–water partition coefficient (Wildman–Crippen LogP) is -2.43. The van der Waals surface area contributed by atoms with Crippen LogP contribution in [0, 0.1) is 0 Å². The van der Waals surface area contributed by atoms with Gasteiger partial charge >= 0.3 is 0 Å². The van der Waals surface area contributed by atoms with Crippen LogP contribution in [0.15, 0.2) is 0 Å². The second-order valence-corrected chi connectivity index (χ2v) is 2.89. The summed E-state index contributed by atoms with van der Waals surface area (Å²) >= 11 is 0. The molecule has 0 aliphatic rings. The average molecular weight is 202 g/mol. The van der Waals surface area contributed by atoms with E-state index in [9.17, 15) is 9.59 Å². The van der Waals surface area contributed by atoms with Crippen LogP contribution in [0.1, 0.15) is 6.42 Å². The Bertz CT molecular complexity index is 175. The van der Waals surface area contributed by atoms with Crippen molar-refractivity contribution in [2.75, 3.05) is 26.2 Å². The molecule has 6 nitrogen and oxygen atoms in total. The third kappa shape index (κ3) is 7.66. The zero-order valence-electron chi connectivity index (χ0n) is 8.16. The van der Waals surface area contributed by atoms with Gasteiger partial charge in [0, 0.05) is 32.6 Å². The number of nitrogens with two attached hydrogens (primary N) is 2. The predicted molar refractivity (Wildman–Crippen MR) is 53.6 cm³/mol. The van der Waals surface area contributed by atoms with Crippen LogP contribution in [-0.2, 0) is 9.59 Å². The lowest BCUT2D eigenvalue weighted by atomic mass is 10.2. The first kappa shape index (κ1) is 13.0. The van der Waals surface area contributed by atoms with E-state index < -0.39 is 6.04 Å². The van der Waals surface area contributed by atoms with Gasteiger partial charge in [-0.2, -0.15) is 0 Å². The highest BCUT2D eigenvalue weighted by Gasteiger charge is 2.06. The van der Waals surface area contributed by atoms with Crippen LogP contribution in [0.3, 0.4) is 0 Å². The molecule has 0 rings (SSSR count). The van der Waals surface area contributed by atoms with E-state index in [0.717, 1.165) is 6.54 Å². The number of carbonyl (C=O) groups excluding carboxylic acids is 2. The molecule has 0 saturated heterocycles. The van der Waals surface area contributed by atoms with Crippen molar-refractivity contribution in [1.82, 2.24) is 10.6 Å². The van der Waals surface area contributed by atoms with Gasteiger partial charge in [-0.3, -0.25) is 4.79 Å². The van der Waals surface area contributed by atoms with Crippen LogP contribution in [0.2, 0.25) is 0 Å². The number of hydrogen-bond acceptors (Lipinski definition) is 5. The molecule has 0 fully saturated rings. The largest absolute Gasteiger partial charge is 0.355 e. The third-order valence-electron chi connectivity index (χ3n) is 1.54. The zero-order valence-corrected chi connectivity index (χ0v) is 8.16. The number of amides is 1. The van der Waals surface area contributed by atoms with Crippen LogP contribution < -0.4 is 22.1 Å². The Kier molecular flexibility index (Phi) is 8.01. The minimum Gasteiger partial charge on any atom is -0.355 e. The van der Waals surface area contributed by atoms with Crippen LogP contribution >= 0.6 is 0 Å². The Morgan fingerprint density at radius 2 is 2.07 bits per heavy atom. The number of aldehydes is 1. The topological polar surface area (TPSA) is 110 Å². The fourth-order valence-electron chi connectivity index (χ4n) is 0.852. The van der Waals surface area contributed by atoms with E-state index >= 15 is 0 Å². The summed E-state index contributed by atoms with van der Waals surface area (Å²) < 4.78 is 0. The van der Waals surface area contributed by atoms with Crippen molar-refractivity contribution in [1.29, 1.82) is 0 Å². The van der Waals surface area contributed by atoms with Crippen molar-refractivity contribution in [3.05, 3.63) is 0 Å². The Labute approximate surface area is 83.4 Å². The van der Waals surface area contributed by atoms with Gasteiger partial charge < -0.3 is 26.9 Å². The van der Waals surface area contributed by atoms with E-state index in [1.54, 1.807) is 0 Å². The minimum absolute atomic E-state index is 0.0421. The first-order valence-electron chi connectivity index (χ1n) is 4.59. The molecule has 0 radical (unpaired) electrons. The summed E-state index contributed by atoms with van der Waals surface area (Å²) in [5, 5.41) is 5.64. The fraction of sp³-hybridized carbons (Fsp3) is 0.750. The third-order valence-corrected chi connectivity index (χ3v) is 1.54. The van der Waals surface area contributed by atoms with Gasteiger partial charge in [0.1, 0.15) is 6.29 Å². The minimum atomic E-state index is -0.702. The second kappa shape index (κ2) is 8.61. The lowest BCUT2D eigenvalue weighted by molar-refractivity contribution is -0.123. The molecule has 0 heterocycles. The van der Waals surface area contributed by atoms with Gasteiger partial charge in [0.15, 0.2) is 0 Å². The van der Waals surface area contributed by atoms with Crippen LogP contribution in [0.4, 0.5) is 0 Å². The van der Waals surface area contributed by atoms with Crippen LogP contribution in [0.5, 0.6) is 0 Å². The number of hydrogen-bond donors (Lipinski definition) is 4. The highest BCUT2D eigenvalue weighted by atomic mass is 16.1. The molecular formula is C8H18N4O2. The summed E-state index contributed by atoms with van der Waals surface area (Å²) in [4.78, 5) is 21.2. The molecule has 0 aromatic rings. The first-order valence-corrected chi connectivity index (χ1v) is 4.59. The van der Waals surface area contributed by atoms with Crippen LogP contribution in [0.25, 0.3) is 0 Å². The van der Waals surface area contributed by atoms with Crippen molar-refractivity contribution < 1.29 is 9.59 Å². The molecule has 0 aromatic carbocycles. The van der Waals surface area contributed by atoms with E-state index in [-0.39, 0.29) is 12.3 Å². The molecule has 82 valence electrons. The van der Waals surface area contributed by atoms with Gasteiger partial charge in [-0.25, -0.2) is 0 Å². The van der Waals surface area contributed by atoms with Gasteiger partial charge in [0.05, 0.1) is 6.04 Å². The smallest absolute Gasteiger partial charge is 0.222 e. The molecule has 1 amide bonds. The summed E-state index contributed by atoms with van der Waals surface area (Å²) in [5.74, 6) is -0.209. The average Bonchev–Trinajstić information content (AvgIpc) is 2.17. The molecule has 1 unspecified atom stereocenters. The molecule has 6 N–H and O–H groups in total. The SMILES string of the molecule is NCCNCCNC(=O)CC(N)C=O. The summed E-state index contributed by atoms with van der Waals surface area (Å²) in [7, 11) is 0. The number of carbonyl (C=O) groups is 2. The molecule has 0 bridgehead atoms. The highest BCUT2D eigenvalue weighted by Crippen LogP contribution is 1.82. The molecule has 0 aliphatic carbocycles. The fourth-order valence-corrected chi connectivity index (χ4v) is 0.852. The summed E-state index contributed by atoms with van der Waals surface area (Å²) in [6, 6.07) is -0.702. The Morgan fingerprint density at radius 1 is 1.36 bits per heavy atom. The van der Waals surface area contributed by atoms with Gasteiger partial charge in [-0.15, -0.1) is 0 Å². The number of nitrogens with one attached hydrogen (secondary N) is 2. The molecule has 0 spiro atoms. The summed E-state index contributed by atoms with van der Waals surface area (Å²) in [6.45, 7) is 2.48. The van der Waals surface area contributed by atoms with Gasteiger partial charge in [-0.1, -0.05) is 0 Å². The lowest BCUT2D eigenvalue weighted by Crippen LogP contribution is -2.37. The molecule has 0 aliphatic heterocycles. The first-order chi connectivity index (χ1) is 6.70. The second-order valence-electron chi connectivity index (χ2n) is 2.89. The standard InChI is InChI=1S/C8H18N4O2/c9-1-2-11-3-4-12-8(14)5-7(10)6-13/h6-7,11H,1-5,9-10H2,(H,12,14). The Balaban J connectivity index is 3.31. The van der Waals surface area contributed by atoms with E-state index in [2.05, 4.69) is 10.6 Å². The monoisotopic (exact) mass is 202 g/mol. The molecule has 0 aromatic heterocycles. The van der Waals surface area contributed by atoms with Gasteiger partial charge in [-0.05, 0) is 0 Å². The maximum Gasteiger partial charge on any atom is 0.222 e. The van der Waals surface area contributed by atoms with Crippen molar-refractivity contribution in [2.24, 2.45) is 11.5 Å². The van der Waals surface area contributed by atoms with E-state index in [4.69, 9.17) is 11.5 Å². The normalized spacial score (nSPS) is 12.1. The van der Waals surface area contributed by atoms with E-state index in [1.807, 2.05) is 0 Å². The summed E-state index contributed by atoms with van der Waals surface area (Å²) in [5.41, 5.74) is 10.5. The maximum atomic E-state index is 11.0. The summed E-state index contributed by atoms with van der Waals surface area (Å²) in [6.07, 6.45) is 0.604. The molecular weight excluding hydrogens is 184 g/mol. The van der Waals surface area contributed by atoms with Crippen LogP contribution in [-0.4, -0.2) is 44.4 Å². The number of rotatable bonds is 8. The molecule has 14 heavy (non-hydrogen) atoms. The molecule has 6 heteroatoms. The van der Waals surface area contributed by atoms with Crippen molar-refractivity contribution >= 4 is 12.2 Å². The highest BCUT2D eigenvalue weighted by molar-refractivity contribution is 5.80. The van der Waals surface area contributed by atoms with Crippen molar-refractivity contribution in [3.63, 3.8) is 0 Å². The zero-order chi connectivity index (χ0) is 10.8. The van der Waals surface area contributed by atoms with Crippen molar-refractivity contribution in [2.45, 2.75) is 12.5 Å². The van der Waals surface area contributed by atoms with Crippen molar-refractivity contribution in [3.8, 4) is 0 Å². The van der Waals surface area contributed by atoms with Gasteiger partial charge in [0.2, 0.25) is 5.91 Å². The maximum absolute atomic E-state index is 11.0. The Hall–Kier alpha value is -0.980. The van der Waals surface area contributed by atoms with E-state index in [1.165, 1.54) is 0 Å². The van der Waals surface area contributed by atoms with Gasteiger partial charge in [0.25, 0.3) is 0 Å². The Morgan fingerprint density at radius 3 is 2.64 bits per heavy atom. The molecule has 1 atom stereocenters. The lowest BCUT2D eigenvalue weighted by Gasteiger charge is -2.06. The molecule has 0 saturated carbocycles. The quantitative estimate of drug-likeness (QED) is 0.258. The van der Waals surface area contributed by atoms with E-state index in [0.29, 0.717) is 25.9 Å².